The third-order valence-corrected chi connectivity index (χ3v) is 6.41. The van der Waals surface area contributed by atoms with Crippen molar-refractivity contribution in [3.63, 3.8) is 0 Å². The number of nitro benzene ring substituents is 1. The number of non-ortho nitro benzene ring substituents is 1. The second kappa shape index (κ2) is 9.70. The van der Waals surface area contributed by atoms with E-state index < -0.39 is 16.6 Å². The van der Waals surface area contributed by atoms with Crippen LogP contribution in [0, 0.1) is 21.8 Å². The van der Waals surface area contributed by atoms with Crippen molar-refractivity contribution >= 4 is 49.9 Å². The van der Waals surface area contributed by atoms with Crippen molar-refractivity contribution in [2.24, 2.45) is 5.92 Å². The van der Waals surface area contributed by atoms with Crippen molar-refractivity contribution in [2.45, 2.75) is 19.3 Å². The average Bonchev–Trinajstić information content (AvgIpc) is 3.62. The lowest BCUT2D eigenvalue weighted by atomic mass is 10.1. The SMILES string of the molecule is O=C(Cc1cccc([N+](=O)[O-])c1)Nc1cc(Oc2ccc3nc(NC(=O)C4CC4)sc3c2)ccc1F. The zero-order chi connectivity index (χ0) is 25.2. The third-order valence-electron chi connectivity index (χ3n) is 5.47. The largest absolute Gasteiger partial charge is 0.457 e. The second-order valence-electron chi connectivity index (χ2n) is 8.31. The first-order valence-corrected chi connectivity index (χ1v) is 11.9. The van der Waals surface area contributed by atoms with Crippen LogP contribution in [0.3, 0.4) is 0 Å². The molecule has 182 valence electrons. The van der Waals surface area contributed by atoms with Crippen LogP contribution >= 0.6 is 11.3 Å². The number of carbonyl (C=O) groups excluding carboxylic acids is 2. The van der Waals surface area contributed by atoms with Gasteiger partial charge in [0.25, 0.3) is 5.69 Å². The van der Waals surface area contributed by atoms with E-state index in [2.05, 4.69) is 15.6 Å². The van der Waals surface area contributed by atoms with E-state index in [4.69, 9.17) is 4.74 Å². The van der Waals surface area contributed by atoms with Crippen LogP contribution in [0.1, 0.15) is 18.4 Å². The first-order chi connectivity index (χ1) is 17.3. The molecule has 1 heterocycles. The highest BCUT2D eigenvalue weighted by molar-refractivity contribution is 7.22. The standard InChI is InChI=1S/C25H19FN4O5S/c26-19-8-6-17(12-21(19)27-23(31)11-14-2-1-3-16(10-14)30(33)34)35-18-7-9-20-22(13-18)36-25(28-20)29-24(32)15-4-5-15/h1-3,6-10,12-13,15H,4-5,11H2,(H,27,31)(H,28,29,32). The van der Waals surface area contributed by atoms with Gasteiger partial charge >= 0.3 is 0 Å². The number of ether oxygens (including phenoxy) is 1. The van der Waals surface area contributed by atoms with E-state index in [9.17, 15) is 24.1 Å². The van der Waals surface area contributed by atoms with Gasteiger partial charge in [-0.25, -0.2) is 9.37 Å². The van der Waals surface area contributed by atoms with Crippen molar-refractivity contribution in [1.82, 2.24) is 4.98 Å². The number of rotatable bonds is 8. The van der Waals surface area contributed by atoms with Crippen LogP contribution in [0.5, 0.6) is 11.5 Å². The van der Waals surface area contributed by atoms with Gasteiger partial charge in [0.1, 0.15) is 17.3 Å². The van der Waals surface area contributed by atoms with Gasteiger partial charge in [0.15, 0.2) is 5.13 Å². The molecule has 9 nitrogen and oxygen atoms in total. The number of carbonyl (C=O) groups is 2. The molecule has 0 radical (unpaired) electrons. The van der Waals surface area contributed by atoms with Crippen LogP contribution in [0.25, 0.3) is 10.2 Å². The lowest BCUT2D eigenvalue weighted by Crippen LogP contribution is -2.15. The Balaban J connectivity index is 1.27. The van der Waals surface area contributed by atoms with Crippen LogP contribution < -0.4 is 15.4 Å². The fraction of sp³-hybridized carbons (Fsp3) is 0.160. The van der Waals surface area contributed by atoms with Gasteiger partial charge < -0.3 is 15.4 Å². The third kappa shape index (κ3) is 5.47. The average molecular weight is 507 g/mol. The number of amides is 2. The molecule has 2 amide bonds. The molecule has 1 fully saturated rings. The molecule has 0 atom stereocenters. The number of hydrogen-bond donors (Lipinski definition) is 2. The van der Waals surface area contributed by atoms with E-state index in [0.717, 1.165) is 17.5 Å². The van der Waals surface area contributed by atoms with E-state index in [1.165, 1.54) is 47.7 Å². The first kappa shape index (κ1) is 23.4. The number of nitrogens with zero attached hydrogens (tertiary/aromatic N) is 2. The zero-order valence-corrected chi connectivity index (χ0v) is 19.5. The maximum atomic E-state index is 14.4. The van der Waals surface area contributed by atoms with Crippen molar-refractivity contribution in [3.8, 4) is 11.5 Å². The summed E-state index contributed by atoms with van der Waals surface area (Å²) in [6, 6.07) is 14.9. The molecule has 36 heavy (non-hydrogen) atoms. The van der Waals surface area contributed by atoms with Crippen molar-refractivity contribution < 1.29 is 23.6 Å². The maximum Gasteiger partial charge on any atom is 0.269 e. The summed E-state index contributed by atoms with van der Waals surface area (Å²) in [6.45, 7) is 0. The van der Waals surface area contributed by atoms with E-state index in [-0.39, 0.29) is 29.6 Å². The van der Waals surface area contributed by atoms with Crippen LogP contribution in [-0.4, -0.2) is 21.7 Å². The second-order valence-corrected chi connectivity index (χ2v) is 9.34. The van der Waals surface area contributed by atoms with E-state index >= 15 is 0 Å². The predicted octanol–water partition coefficient (Wildman–Crippen LogP) is 5.67. The van der Waals surface area contributed by atoms with Crippen LogP contribution in [0.2, 0.25) is 0 Å². The summed E-state index contributed by atoms with van der Waals surface area (Å²) < 4.78 is 21.0. The summed E-state index contributed by atoms with van der Waals surface area (Å²) in [4.78, 5) is 39.2. The molecule has 0 saturated heterocycles. The summed E-state index contributed by atoms with van der Waals surface area (Å²) >= 11 is 1.33. The Morgan fingerprint density at radius 1 is 1.08 bits per heavy atom. The van der Waals surface area contributed by atoms with Gasteiger partial charge in [-0.2, -0.15) is 0 Å². The lowest BCUT2D eigenvalue weighted by Gasteiger charge is -2.10. The molecule has 3 aromatic carbocycles. The molecule has 0 spiro atoms. The number of nitrogens with one attached hydrogen (secondary N) is 2. The molecule has 1 aliphatic rings. The van der Waals surface area contributed by atoms with E-state index in [1.807, 2.05) is 0 Å². The minimum Gasteiger partial charge on any atom is -0.457 e. The summed E-state index contributed by atoms with van der Waals surface area (Å²) in [6.07, 6.45) is 1.65. The summed E-state index contributed by atoms with van der Waals surface area (Å²) in [7, 11) is 0. The molecule has 5 rings (SSSR count). The summed E-state index contributed by atoms with van der Waals surface area (Å²) in [5.74, 6) is -0.339. The molecule has 0 bridgehead atoms. The molecule has 0 unspecified atom stereocenters. The lowest BCUT2D eigenvalue weighted by molar-refractivity contribution is -0.384. The normalized spacial score (nSPS) is 12.8. The smallest absolute Gasteiger partial charge is 0.269 e. The monoisotopic (exact) mass is 506 g/mol. The molecular formula is C25H19FN4O5S. The Hall–Kier alpha value is -4.38. The van der Waals surface area contributed by atoms with E-state index in [0.29, 0.717) is 27.7 Å². The number of anilines is 2. The maximum absolute atomic E-state index is 14.4. The van der Waals surface area contributed by atoms with Gasteiger partial charge in [0.05, 0.1) is 27.2 Å². The number of hydrogen-bond acceptors (Lipinski definition) is 7. The minimum atomic E-state index is -0.649. The highest BCUT2D eigenvalue weighted by Crippen LogP contribution is 2.34. The number of aromatic nitrogens is 1. The van der Waals surface area contributed by atoms with Crippen molar-refractivity contribution in [3.05, 3.63) is 82.2 Å². The van der Waals surface area contributed by atoms with E-state index in [1.54, 1.807) is 24.3 Å². The van der Waals surface area contributed by atoms with Crippen LogP contribution in [0.4, 0.5) is 20.9 Å². The highest BCUT2D eigenvalue weighted by Gasteiger charge is 2.30. The molecule has 1 aromatic heterocycles. The van der Waals surface area contributed by atoms with Crippen molar-refractivity contribution in [2.75, 3.05) is 10.6 Å². The van der Waals surface area contributed by atoms with Gasteiger partial charge in [0, 0.05) is 30.2 Å². The topological polar surface area (TPSA) is 123 Å². The Kier molecular flexibility index (Phi) is 6.30. The minimum absolute atomic E-state index is 0.0168. The Bertz CT molecular complexity index is 1500. The van der Waals surface area contributed by atoms with Gasteiger partial charge in [-0.15, -0.1) is 0 Å². The van der Waals surface area contributed by atoms with Crippen molar-refractivity contribution in [1.29, 1.82) is 0 Å². The Morgan fingerprint density at radius 2 is 1.86 bits per heavy atom. The number of fused-ring (bicyclic) bond motifs is 1. The Morgan fingerprint density at radius 3 is 2.64 bits per heavy atom. The van der Waals surface area contributed by atoms with Gasteiger partial charge in [0.2, 0.25) is 11.8 Å². The van der Waals surface area contributed by atoms with Gasteiger partial charge in [-0.05, 0) is 42.7 Å². The molecule has 4 aromatic rings. The zero-order valence-electron chi connectivity index (χ0n) is 18.7. The molecular weight excluding hydrogens is 487 g/mol. The number of thiazole rings is 1. The van der Waals surface area contributed by atoms with Crippen LogP contribution in [0.15, 0.2) is 60.7 Å². The molecule has 0 aliphatic heterocycles. The summed E-state index contributed by atoms with van der Waals surface area (Å²) in [5.41, 5.74) is 0.941. The number of halogens is 1. The fourth-order valence-electron chi connectivity index (χ4n) is 3.53. The highest BCUT2D eigenvalue weighted by atomic mass is 32.1. The molecule has 1 saturated carbocycles. The van der Waals surface area contributed by atoms with Gasteiger partial charge in [-0.1, -0.05) is 23.5 Å². The Labute approximate surface area is 208 Å². The summed E-state index contributed by atoms with van der Waals surface area (Å²) in [5, 5.41) is 16.8. The number of benzene rings is 3. The molecule has 1 aliphatic carbocycles. The van der Waals surface area contributed by atoms with Crippen LogP contribution in [-0.2, 0) is 16.0 Å². The number of nitro groups is 1. The first-order valence-electron chi connectivity index (χ1n) is 11.1. The van der Waals surface area contributed by atoms with Gasteiger partial charge in [-0.3, -0.25) is 19.7 Å². The molecule has 11 heteroatoms. The predicted molar refractivity (Wildman–Crippen MR) is 133 cm³/mol. The molecule has 2 N–H and O–H groups in total. The quantitative estimate of drug-likeness (QED) is 0.235. The fourth-order valence-corrected chi connectivity index (χ4v) is 4.43.